The van der Waals surface area contributed by atoms with Crippen molar-refractivity contribution in [2.75, 3.05) is 33.7 Å². The molecule has 0 aromatic carbocycles. The van der Waals surface area contributed by atoms with Crippen LogP contribution in [0.15, 0.2) is 0 Å². The second-order valence-electron chi connectivity index (χ2n) is 5.36. The Balaban J connectivity index is 2.01. The predicted molar refractivity (Wildman–Crippen MR) is 63.9 cm³/mol. The Morgan fingerprint density at radius 2 is 2.13 bits per heavy atom. The van der Waals surface area contributed by atoms with Crippen molar-refractivity contribution in [2.24, 2.45) is 11.8 Å². The maximum absolute atomic E-state index is 9.64. The third kappa shape index (κ3) is 5.50. The molecule has 90 valence electrons. The third-order valence-electron chi connectivity index (χ3n) is 3.19. The number of nitrogens with one attached hydrogen (secondary N) is 1. The minimum atomic E-state index is -0.237. The second kappa shape index (κ2) is 6.46. The van der Waals surface area contributed by atoms with Crippen molar-refractivity contribution in [2.45, 2.75) is 32.3 Å². The molecule has 1 saturated carbocycles. The van der Waals surface area contributed by atoms with Crippen LogP contribution in [0, 0.1) is 11.8 Å². The molecule has 3 atom stereocenters. The van der Waals surface area contributed by atoms with E-state index in [0.29, 0.717) is 0 Å². The Morgan fingerprint density at radius 3 is 2.67 bits per heavy atom. The molecule has 1 aliphatic rings. The number of aliphatic hydroxyl groups is 1. The lowest BCUT2D eigenvalue weighted by molar-refractivity contribution is 0.133. The molecule has 3 heteroatoms. The van der Waals surface area contributed by atoms with E-state index in [4.69, 9.17) is 0 Å². The molecular weight excluding hydrogens is 188 g/mol. The maximum Gasteiger partial charge on any atom is 0.0791 e. The number of nitrogens with zero attached hydrogens (tertiary/aromatic N) is 1. The molecule has 1 aliphatic carbocycles. The minimum Gasteiger partial charge on any atom is -0.390 e. The van der Waals surface area contributed by atoms with Crippen molar-refractivity contribution in [3.05, 3.63) is 0 Å². The summed E-state index contributed by atoms with van der Waals surface area (Å²) in [5, 5.41) is 13.0. The molecule has 0 aromatic heterocycles. The van der Waals surface area contributed by atoms with E-state index in [1.54, 1.807) is 0 Å². The van der Waals surface area contributed by atoms with Gasteiger partial charge in [-0.05, 0) is 45.3 Å². The van der Waals surface area contributed by atoms with Gasteiger partial charge in [0.1, 0.15) is 0 Å². The Bertz CT molecular complexity index is 173. The molecule has 0 amide bonds. The van der Waals surface area contributed by atoms with Gasteiger partial charge in [0.25, 0.3) is 0 Å². The topological polar surface area (TPSA) is 35.5 Å². The van der Waals surface area contributed by atoms with Crippen molar-refractivity contribution in [3.8, 4) is 0 Å². The fourth-order valence-electron chi connectivity index (χ4n) is 2.45. The SMILES string of the molecule is CC1CCC(CNCC(O)CN(C)C)C1. The van der Waals surface area contributed by atoms with E-state index in [0.717, 1.165) is 31.5 Å². The van der Waals surface area contributed by atoms with Crippen molar-refractivity contribution in [1.29, 1.82) is 0 Å². The monoisotopic (exact) mass is 214 g/mol. The molecule has 3 unspecified atom stereocenters. The van der Waals surface area contributed by atoms with Gasteiger partial charge in [0.2, 0.25) is 0 Å². The Labute approximate surface area is 93.9 Å². The van der Waals surface area contributed by atoms with Gasteiger partial charge in [0, 0.05) is 13.1 Å². The average molecular weight is 214 g/mol. The van der Waals surface area contributed by atoms with E-state index in [9.17, 15) is 5.11 Å². The van der Waals surface area contributed by atoms with Gasteiger partial charge in [-0.15, -0.1) is 0 Å². The molecule has 0 aliphatic heterocycles. The lowest BCUT2D eigenvalue weighted by atomic mass is 10.1. The van der Waals surface area contributed by atoms with Crippen molar-refractivity contribution in [3.63, 3.8) is 0 Å². The van der Waals surface area contributed by atoms with E-state index >= 15 is 0 Å². The molecule has 0 bridgehead atoms. The largest absolute Gasteiger partial charge is 0.390 e. The highest BCUT2D eigenvalue weighted by atomic mass is 16.3. The highest BCUT2D eigenvalue weighted by molar-refractivity contribution is 4.75. The van der Waals surface area contributed by atoms with E-state index in [2.05, 4.69) is 12.2 Å². The first-order valence-corrected chi connectivity index (χ1v) is 6.11. The summed E-state index contributed by atoms with van der Waals surface area (Å²) in [4.78, 5) is 2.02. The summed E-state index contributed by atoms with van der Waals surface area (Å²) >= 11 is 0. The predicted octanol–water partition coefficient (Wildman–Crippen LogP) is 0.935. The van der Waals surface area contributed by atoms with Crippen LogP contribution in [0.25, 0.3) is 0 Å². The number of rotatable bonds is 6. The summed E-state index contributed by atoms with van der Waals surface area (Å²) in [6, 6.07) is 0. The fourth-order valence-corrected chi connectivity index (χ4v) is 2.45. The number of aliphatic hydroxyl groups excluding tert-OH is 1. The summed E-state index contributed by atoms with van der Waals surface area (Å²) in [5.41, 5.74) is 0. The molecule has 1 rings (SSSR count). The highest BCUT2D eigenvalue weighted by Gasteiger charge is 2.20. The first-order valence-electron chi connectivity index (χ1n) is 6.11. The number of hydrogen-bond donors (Lipinski definition) is 2. The van der Waals surface area contributed by atoms with Gasteiger partial charge in [-0.25, -0.2) is 0 Å². The van der Waals surface area contributed by atoms with Gasteiger partial charge in [0.15, 0.2) is 0 Å². The van der Waals surface area contributed by atoms with Gasteiger partial charge in [0.05, 0.1) is 6.10 Å². The smallest absolute Gasteiger partial charge is 0.0791 e. The zero-order valence-electron chi connectivity index (χ0n) is 10.4. The van der Waals surface area contributed by atoms with Crippen LogP contribution in [-0.4, -0.2) is 49.8 Å². The quantitative estimate of drug-likeness (QED) is 0.690. The second-order valence-corrected chi connectivity index (χ2v) is 5.36. The highest BCUT2D eigenvalue weighted by Crippen LogP contribution is 2.29. The lowest BCUT2D eigenvalue weighted by Gasteiger charge is -2.17. The van der Waals surface area contributed by atoms with Crippen LogP contribution in [0.1, 0.15) is 26.2 Å². The lowest BCUT2D eigenvalue weighted by Crippen LogP contribution is -2.36. The third-order valence-corrected chi connectivity index (χ3v) is 3.19. The van der Waals surface area contributed by atoms with E-state index < -0.39 is 0 Å². The summed E-state index contributed by atoms with van der Waals surface area (Å²) in [6.07, 6.45) is 3.86. The van der Waals surface area contributed by atoms with E-state index in [-0.39, 0.29) is 6.10 Å². The molecular formula is C12H26N2O. The summed E-state index contributed by atoms with van der Waals surface area (Å²) in [5.74, 6) is 1.75. The first kappa shape index (κ1) is 12.9. The van der Waals surface area contributed by atoms with Crippen LogP contribution in [0.5, 0.6) is 0 Å². The zero-order valence-corrected chi connectivity index (χ0v) is 10.4. The molecule has 1 fully saturated rings. The maximum atomic E-state index is 9.64. The van der Waals surface area contributed by atoms with Gasteiger partial charge in [-0.3, -0.25) is 0 Å². The van der Waals surface area contributed by atoms with Gasteiger partial charge in [-0.2, -0.15) is 0 Å². The van der Waals surface area contributed by atoms with Gasteiger partial charge >= 0.3 is 0 Å². The van der Waals surface area contributed by atoms with Crippen molar-refractivity contribution >= 4 is 0 Å². The first-order chi connectivity index (χ1) is 7.08. The Kier molecular flexibility index (Phi) is 5.58. The van der Waals surface area contributed by atoms with Crippen LogP contribution in [-0.2, 0) is 0 Å². The zero-order chi connectivity index (χ0) is 11.3. The van der Waals surface area contributed by atoms with Gasteiger partial charge < -0.3 is 15.3 Å². The molecule has 0 saturated heterocycles. The molecule has 0 radical (unpaired) electrons. The summed E-state index contributed by atoms with van der Waals surface area (Å²) < 4.78 is 0. The van der Waals surface area contributed by atoms with Crippen LogP contribution < -0.4 is 5.32 Å². The Morgan fingerprint density at radius 1 is 1.40 bits per heavy atom. The van der Waals surface area contributed by atoms with Gasteiger partial charge in [-0.1, -0.05) is 13.3 Å². The number of likely N-dealkylation sites (N-methyl/N-ethyl adjacent to an activating group) is 1. The standard InChI is InChI=1S/C12H26N2O/c1-10-4-5-11(6-10)7-13-8-12(15)9-14(2)3/h10-13,15H,4-9H2,1-3H3. The summed E-state index contributed by atoms with van der Waals surface area (Å²) in [7, 11) is 3.98. The Hall–Kier alpha value is -0.120. The van der Waals surface area contributed by atoms with Crippen LogP contribution in [0.4, 0.5) is 0 Å². The average Bonchev–Trinajstić information content (AvgIpc) is 2.50. The van der Waals surface area contributed by atoms with Crippen molar-refractivity contribution < 1.29 is 5.11 Å². The van der Waals surface area contributed by atoms with E-state index in [1.807, 2.05) is 19.0 Å². The summed E-state index contributed by atoms with van der Waals surface area (Å²) in [6.45, 7) is 4.88. The number of hydrogen-bond acceptors (Lipinski definition) is 3. The van der Waals surface area contributed by atoms with Crippen LogP contribution in [0.2, 0.25) is 0 Å². The molecule has 0 heterocycles. The molecule has 0 aromatic rings. The fraction of sp³-hybridized carbons (Fsp3) is 1.00. The molecule has 15 heavy (non-hydrogen) atoms. The molecule has 3 nitrogen and oxygen atoms in total. The van der Waals surface area contributed by atoms with E-state index in [1.165, 1.54) is 19.3 Å². The molecule has 0 spiro atoms. The van der Waals surface area contributed by atoms with Crippen LogP contribution >= 0.6 is 0 Å². The molecule has 2 N–H and O–H groups in total. The van der Waals surface area contributed by atoms with Crippen molar-refractivity contribution in [1.82, 2.24) is 10.2 Å². The minimum absolute atomic E-state index is 0.237. The van der Waals surface area contributed by atoms with Crippen LogP contribution in [0.3, 0.4) is 0 Å². The normalized spacial score (nSPS) is 28.6.